The monoisotopic (exact) mass is 438 g/mol. The van der Waals surface area contributed by atoms with Crippen LogP contribution in [0, 0.1) is 5.92 Å². The molecule has 2 heterocycles. The third-order valence-electron chi connectivity index (χ3n) is 5.82. The number of benzene rings is 1. The van der Waals surface area contributed by atoms with Crippen molar-refractivity contribution in [1.29, 1.82) is 0 Å². The van der Waals surface area contributed by atoms with Gasteiger partial charge in [0.05, 0.1) is 42.5 Å². The number of aliphatic hydroxyl groups excluding tert-OH is 1. The molecule has 2 aromatic rings. The van der Waals surface area contributed by atoms with Crippen molar-refractivity contribution in [2.75, 3.05) is 12.4 Å². The van der Waals surface area contributed by atoms with Crippen LogP contribution in [0.2, 0.25) is 0 Å². The number of methoxy groups -OCH3 is 1. The number of amides is 1. The van der Waals surface area contributed by atoms with Crippen LogP contribution in [-0.4, -0.2) is 34.8 Å². The van der Waals surface area contributed by atoms with Crippen LogP contribution in [0.1, 0.15) is 43.5 Å². The number of rotatable bonds is 5. The molecule has 0 spiro atoms. The summed E-state index contributed by atoms with van der Waals surface area (Å²) in [4.78, 5) is 17.1. The lowest BCUT2D eigenvalue weighted by molar-refractivity contribution is -0.138. The van der Waals surface area contributed by atoms with Gasteiger partial charge < -0.3 is 19.9 Å². The van der Waals surface area contributed by atoms with Crippen LogP contribution in [0.4, 0.5) is 18.9 Å². The van der Waals surface area contributed by atoms with E-state index in [1.807, 2.05) is 6.92 Å². The van der Waals surface area contributed by atoms with Crippen molar-refractivity contribution in [3.05, 3.63) is 53.3 Å². The lowest BCUT2D eigenvalue weighted by atomic mass is 9.77. The van der Waals surface area contributed by atoms with E-state index in [0.29, 0.717) is 11.4 Å². The SMILES string of the molecule is COc1c([C@@H]2[C@@H](C(=O)Nc3ccc(CO)nc3)OC(C)(C)[C@@H]2C)cccc1C(F)(F)F. The van der Waals surface area contributed by atoms with Gasteiger partial charge in [-0.25, -0.2) is 0 Å². The Kier molecular flexibility index (Phi) is 6.29. The second kappa shape index (κ2) is 8.47. The van der Waals surface area contributed by atoms with Gasteiger partial charge in [-0.3, -0.25) is 9.78 Å². The quantitative estimate of drug-likeness (QED) is 0.734. The van der Waals surface area contributed by atoms with Gasteiger partial charge in [0.25, 0.3) is 5.91 Å². The molecule has 3 rings (SSSR count). The Morgan fingerprint density at radius 3 is 2.55 bits per heavy atom. The van der Waals surface area contributed by atoms with E-state index in [4.69, 9.17) is 14.6 Å². The Bertz CT molecular complexity index is 945. The van der Waals surface area contributed by atoms with Crippen molar-refractivity contribution in [2.45, 2.75) is 51.2 Å². The van der Waals surface area contributed by atoms with E-state index in [9.17, 15) is 18.0 Å². The summed E-state index contributed by atoms with van der Waals surface area (Å²) in [5, 5.41) is 11.8. The van der Waals surface area contributed by atoms with Gasteiger partial charge in [-0.1, -0.05) is 19.1 Å². The van der Waals surface area contributed by atoms with E-state index in [2.05, 4.69) is 10.3 Å². The number of alkyl halides is 3. The molecule has 3 atom stereocenters. The van der Waals surface area contributed by atoms with Gasteiger partial charge in [-0.15, -0.1) is 0 Å². The van der Waals surface area contributed by atoms with Gasteiger partial charge in [-0.2, -0.15) is 13.2 Å². The van der Waals surface area contributed by atoms with Crippen molar-refractivity contribution in [2.24, 2.45) is 5.92 Å². The molecule has 2 N–H and O–H groups in total. The minimum atomic E-state index is -4.60. The Morgan fingerprint density at radius 1 is 1.29 bits per heavy atom. The van der Waals surface area contributed by atoms with Crippen molar-refractivity contribution >= 4 is 11.6 Å². The Morgan fingerprint density at radius 2 is 2.00 bits per heavy atom. The molecule has 168 valence electrons. The zero-order chi connectivity index (χ0) is 23.0. The average Bonchev–Trinajstić information content (AvgIpc) is 2.96. The number of hydrogen-bond donors (Lipinski definition) is 2. The standard InChI is InChI=1S/C22H25F3N2O4/c1-12-17(15-6-5-7-16(18(15)30-4)22(23,24)25)19(31-21(12,2)3)20(29)27-13-8-9-14(11-28)26-10-13/h5-10,12,17,19,28H,11H2,1-4H3,(H,27,29)/t12-,17-,19+/m1/s1. The minimum Gasteiger partial charge on any atom is -0.496 e. The highest BCUT2D eigenvalue weighted by Crippen LogP contribution is 2.50. The fourth-order valence-corrected chi connectivity index (χ4v) is 3.93. The maximum absolute atomic E-state index is 13.5. The van der Waals surface area contributed by atoms with E-state index in [1.165, 1.54) is 25.4 Å². The van der Waals surface area contributed by atoms with Gasteiger partial charge in [0.1, 0.15) is 11.9 Å². The first kappa shape index (κ1) is 23.0. The molecule has 1 aliphatic rings. The summed E-state index contributed by atoms with van der Waals surface area (Å²) >= 11 is 0. The van der Waals surface area contributed by atoms with Gasteiger partial charge in [0, 0.05) is 11.5 Å². The average molecular weight is 438 g/mol. The smallest absolute Gasteiger partial charge is 0.419 e. The molecule has 6 nitrogen and oxygen atoms in total. The summed E-state index contributed by atoms with van der Waals surface area (Å²) in [6, 6.07) is 6.95. The normalized spacial score (nSPS) is 22.9. The summed E-state index contributed by atoms with van der Waals surface area (Å²) in [6.45, 7) is 5.21. The molecule has 31 heavy (non-hydrogen) atoms. The number of aliphatic hydroxyl groups is 1. The third kappa shape index (κ3) is 4.52. The number of aromatic nitrogens is 1. The molecule has 1 aromatic heterocycles. The second-order valence-corrected chi connectivity index (χ2v) is 8.07. The molecule has 1 aliphatic heterocycles. The zero-order valence-corrected chi connectivity index (χ0v) is 17.7. The molecule has 0 unspecified atom stereocenters. The maximum atomic E-state index is 13.5. The lowest BCUT2D eigenvalue weighted by Crippen LogP contribution is -2.33. The number of halogens is 3. The molecule has 0 saturated carbocycles. The topological polar surface area (TPSA) is 80.7 Å². The molecule has 9 heteroatoms. The Balaban J connectivity index is 2.00. The first-order valence-electron chi connectivity index (χ1n) is 9.78. The van der Waals surface area contributed by atoms with Crippen LogP contribution in [0.25, 0.3) is 0 Å². The molecular weight excluding hydrogens is 413 g/mol. The van der Waals surface area contributed by atoms with Gasteiger partial charge in [0.15, 0.2) is 0 Å². The van der Waals surface area contributed by atoms with Crippen LogP contribution >= 0.6 is 0 Å². The molecule has 0 aliphatic carbocycles. The molecule has 0 radical (unpaired) electrons. The number of ether oxygens (including phenoxy) is 2. The summed E-state index contributed by atoms with van der Waals surface area (Å²) in [5.41, 5.74) is -0.559. The lowest BCUT2D eigenvalue weighted by Gasteiger charge is -2.26. The van der Waals surface area contributed by atoms with Crippen LogP contribution < -0.4 is 10.1 Å². The summed E-state index contributed by atoms with van der Waals surface area (Å²) in [5.74, 6) is -1.76. The van der Waals surface area contributed by atoms with E-state index in [1.54, 1.807) is 26.0 Å². The molecule has 1 aromatic carbocycles. The van der Waals surface area contributed by atoms with Crippen LogP contribution in [0.15, 0.2) is 36.5 Å². The number of carbonyl (C=O) groups is 1. The number of nitrogens with one attached hydrogen (secondary N) is 1. The number of para-hydroxylation sites is 1. The van der Waals surface area contributed by atoms with Crippen LogP contribution in [0.5, 0.6) is 5.75 Å². The van der Waals surface area contributed by atoms with E-state index >= 15 is 0 Å². The van der Waals surface area contributed by atoms with E-state index in [0.717, 1.165) is 6.07 Å². The number of hydrogen-bond acceptors (Lipinski definition) is 5. The highest BCUT2D eigenvalue weighted by molar-refractivity contribution is 5.95. The first-order chi connectivity index (χ1) is 14.5. The molecule has 1 amide bonds. The number of pyridine rings is 1. The highest BCUT2D eigenvalue weighted by atomic mass is 19.4. The fraction of sp³-hybridized carbons (Fsp3) is 0.455. The van der Waals surface area contributed by atoms with Crippen LogP contribution in [0.3, 0.4) is 0 Å². The molecule has 1 fully saturated rings. The fourth-order valence-electron chi connectivity index (χ4n) is 3.93. The maximum Gasteiger partial charge on any atom is 0.419 e. The number of nitrogens with zero attached hydrogens (tertiary/aromatic N) is 1. The van der Waals surface area contributed by atoms with Crippen molar-refractivity contribution < 1.29 is 32.5 Å². The molecular formula is C22H25F3N2O4. The predicted molar refractivity (Wildman–Crippen MR) is 108 cm³/mol. The minimum absolute atomic E-state index is 0.233. The summed E-state index contributed by atoms with van der Waals surface area (Å²) in [7, 11) is 1.18. The number of anilines is 1. The predicted octanol–water partition coefficient (Wildman–Crippen LogP) is 4.14. The van der Waals surface area contributed by atoms with Gasteiger partial charge >= 0.3 is 6.18 Å². The first-order valence-corrected chi connectivity index (χ1v) is 9.78. The van der Waals surface area contributed by atoms with E-state index < -0.39 is 35.3 Å². The molecule has 1 saturated heterocycles. The third-order valence-corrected chi connectivity index (χ3v) is 5.82. The van der Waals surface area contributed by atoms with E-state index in [-0.39, 0.29) is 23.8 Å². The Hall–Kier alpha value is -2.65. The largest absolute Gasteiger partial charge is 0.496 e. The van der Waals surface area contributed by atoms with Crippen molar-refractivity contribution in [3.63, 3.8) is 0 Å². The zero-order valence-electron chi connectivity index (χ0n) is 17.7. The van der Waals surface area contributed by atoms with Gasteiger partial charge in [-0.05, 0) is 38.0 Å². The van der Waals surface area contributed by atoms with Gasteiger partial charge in [0.2, 0.25) is 0 Å². The van der Waals surface area contributed by atoms with Crippen LogP contribution in [-0.2, 0) is 22.3 Å². The summed E-state index contributed by atoms with van der Waals surface area (Å²) < 4.78 is 51.8. The highest BCUT2D eigenvalue weighted by Gasteiger charge is 2.52. The number of carbonyl (C=O) groups excluding carboxylic acids is 1. The van der Waals surface area contributed by atoms with Crippen molar-refractivity contribution in [1.82, 2.24) is 4.98 Å². The molecule has 0 bridgehead atoms. The van der Waals surface area contributed by atoms with Crippen molar-refractivity contribution in [3.8, 4) is 5.75 Å². The Labute approximate surface area is 178 Å². The second-order valence-electron chi connectivity index (χ2n) is 8.07. The summed E-state index contributed by atoms with van der Waals surface area (Å²) in [6.07, 6.45) is -4.25.